The molecule has 0 aliphatic rings. The summed E-state index contributed by atoms with van der Waals surface area (Å²) in [5, 5.41) is 17.2. The van der Waals surface area contributed by atoms with Gasteiger partial charge in [0, 0.05) is 22.3 Å². The van der Waals surface area contributed by atoms with E-state index in [1.54, 1.807) is 25.4 Å². The molecule has 0 atom stereocenters. The molecule has 5 aromatic rings. The highest BCUT2D eigenvalue weighted by Crippen LogP contribution is 2.30. The summed E-state index contributed by atoms with van der Waals surface area (Å²) >= 11 is 0. The van der Waals surface area contributed by atoms with Crippen molar-refractivity contribution in [1.82, 2.24) is 15.2 Å². The van der Waals surface area contributed by atoms with Crippen molar-refractivity contribution in [3.8, 4) is 51.4 Å². The van der Waals surface area contributed by atoms with Crippen LogP contribution in [0.1, 0.15) is 10.4 Å². The molecule has 8 nitrogen and oxygen atoms in total. The Morgan fingerprint density at radius 2 is 1.42 bits per heavy atom. The van der Waals surface area contributed by atoms with Crippen LogP contribution in [0.5, 0.6) is 5.75 Å². The number of carboxylic acid groups (broad SMARTS) is 1. The van der Waals surface area contributed by atoms with Gasteiger partial charge in [0.1, 0.15) is 5.75 Å². The molecule has 0 amide bonds. The van der Waals surface area contributed by atoms with E-state index in [1.165, 1.54) is 12.1 Å². The lowest BCUT2D eigenvalue weighted by molar-refractivity contribution is 0.0697. The Labute approximate surface area is 188 Å². The highest BCUT2D eigenvalue weighted by atomic mass is 16.5. The van der Waals surface area contributed by atoms with E-state index in [0.29, 0.717) is 34.6 Å². The predicted octanol–water partition coefficient (Wildman–Crippen LogP) is 5.43. The Morgan fingerprint density at radius 1 is 0.788 bits per heavy atom. The van der Waals surface area contributed by atoms with Crippen LogP contribution in [0.25, 0.3) is 45.7 Å². The van der Waals surface area contributed by atoms with Crippen molar-refractivity contribution >= 4 is 5.97 Å². The minimum absolute atomic E-state index is 0.186. The van der Waals surface area contributed by atoms with Gasteiger partial charge >= 0.3 is 5.97 Å². The number of ether oxygens (including phenoxy) is 1. The van der Waals surface area contributed by atoms with Gasteiger partial charge in [-0.1, -0.05) is 6.07 Å². The fraction of sp³-hybridized carbons (Fsp3) is 0.0400. The lowest BCUT2D eigenvalue weighted by atomic mass is 10.1. The lowest BCUT2D eigenvalue weighted by Gasteiger charge is -2.01. The molecule has 8 heteroatoms. The second kappa shape index (κ2) is 8.43. The Kier molecular flexibility index (Phi) is 5.16. The van der Waals surface area contributed by atoms with Crippen LogP contribution in [0.4, 0.5) is 0 Å². The second-order valence-electron chi connectivity index (χ2n) is 7.13. The maximum absolute atomic E-state index is 11.0. The van der Waals surface area contributed by atoms with Crippen molar-refractivity contribution < 1.29 is 23.5 Å². The van der Waals surface area contributed by atoms with Crippen LogP contribution in [-0.4, -0.2) is 33.4 Å². The van der Waals surface area contributed by atoms with Gasteiger partial charge < -0.3 is 18.7 Å². The number of hydrogen-bond acceptors (Lipinski definition) is 7. The van der Waals surface area contributed by atoms with Crippen LogP contribution in [0.2, 0.25) is 0 Å². The zero-order valence-electron chi connectivity index (χ0n) is 17.4. The van der Waals surface area contributed by atoms with Crippen LogP contribution in [0, 0.1) is 0 Å². The molecule has 1 N–H and O–H groups in total. The van der Waals surface area contributed by atoms with Crippen molar-refractivity contribution in [2.45, 2.75) is 0 Å². The maximum Gasteiger partial charge on any atom is 0.335 e. The van der Waals surface area contributed by atoms with Gasteiger partial charge in [0.25, 0.3) is 0 Å². The standard InChI is InChI=1S/C25H17N3O5/c1-31-20-11-9-15(10-12-20)21-14-26-22(32-21)18-3-2-4-19(13-18)24-28-27-23(33-24)16-5-7-17(8-6-16)25(29)30/h2-14H,1H3,(H,29,30). The molecule has 3 aromatic carbocycles. The van der Waals surface area contributed by atoms with E-state index in [-0.39, 0.29) is 5.56 Å². The summed E-state index contributed by atoms with van der Waals surface area (Å²) in [7, 11) is 1.62. The van der Waals surface area contributed by atoms with Crippen LogP contribution >= 0.6 is 0 Å². The summed E-state index contributed by atoms with van der Waals surface area (Å²) in [5.74, 6) is 1.50. The lowest BCUT2D eigenvalue weighted by Crippen LogP contribution is -1.94. The Morgan fingerprint density at radius 3 is 2.09 bits per heavy atom. The molecule has 0 saturated heterocycles. The van der Waals surface area contributed by atoms with Crippen molar-refractivity contribution in [2.24, 2.45) is 0 Å². The van der Waals surface area contributed by atoms with E-state index in [2.05, 4.69) is 15.2 Å². The molecule has 2 heterocycles. The number of rotatable bonds is 6. The molecule has 0 bridgehead atoms. The molecular weight excluding hydrogens is 422 g/mol. The van der Waals surface area contributed by atoms with Crippen LogP contribution in [0.15, 0.2) is 87.8 Å². The zero-order chi connectivity index (χ0) is 22.8. The Hall–Kier alpha value is -4.72. The van der Waals surface area contributed by atoms with Gasteiger partial charge in [0.05, 0.1) is 18.9 Å². The summed E-state index contributed by atoms with van der Waals surface area (Å²) in [4.78, 5) is 15.4. The number of hydrogen-bond donors (Lipinski definition) is 1. The summed E-state index contributed by atoms with van der Waals surface area (Å²) in [6.45, 7) is 0. The number of aromatic carboxylic acids is 1. The van der Waals surface area contributed by atoms with E-state index in [1.807, 2.05) is 48.5 Å². The molecule has 0 aliphatic heterocycles. The summed E-state index contributed by atoms with van der Waals surface area (Å²) in [6, 6.07) is 21.2. The summed E-state index contributed by atoms with van der Waals surface area (Å²) in [5.41, 5.74) is 3.18. The average Bonchev–Trinajstić information content (AvgIpc) is 3.55. The van der Waals surface area contributed by atoms with E-state index in [4.69, 9.17) is 18.7 Å². The zero-order valence-corrected chi connectivity index (χ0v) is 17.4. The van der Waals surface area contributed by atoms with Crippen molar-refractivity contribution in [3.05, 3.63) is 84.6 Å². The number of methoxy groups -OCH3 is 1. The van der Waals surface area contributed by atoms with Crippen molar-refractivity contribution in [3.63, 3.8) is 0 Å². The summed E-state index contributed by atoms with van der Waals surface area (Å²) in [6.07, 6.45) is 1.68. The first-order valence-corrected chi connectivity index (χ1v) is 9.99. The van der Waals surface area contributed by atoms with E-state index in [0.717, 1.165) is 16.9 Å². The highest BCUT2D eigenvalue weighted by Gasteiger charge is 2.14. The molecule has 5 rings (SSSR count). The van der Waals surface area contributed by atoms with E-state index < -0.39 is 5.97 Å². The van der Waals surface area contributed by atoms with Crippen LogP contribution in [0.3, 0.4) is 0 Å². The minimum Gasteiger partial charge on any atom is -0.497 e. The third-order valence-electron chi connectivity index (χ3n) is 5.04. The molecule has 162 valence electrons. The topological polar surface area (TPSA) is 111 Å². The van der Waals surface area contributed by atoms with Gasteiger partial charge in [0.15, 0.2) is 5.76 Å². The van der Waals surface area contributed by atoms with E-state index in [9.17, 15) is 4.79 Å². The van der Waals surface area contributed by atoms with Gasteiger partial charge in [0.2, 0.25) is 17.7 Å². The summed E-state index contributed by atoms with van der Waals surface area (Å²) < 4.78 is 17.0. The molecule has 0 aliphatic carbocycles. The minimum atomic E-state index is -0.994. The number of carbonyl (C=O) groups is 1. The number of oxazole rings is 1. The fourth-order valence-corrected chi connectivity index (χ4v) is 3.29. The second-order valence-corrected chi connectivity index (χ2v) is 7.13. The normalized spacial score (nSPS) is 10.8. The SMILES string of the molecule is COc1ccc(-c2cnc(-c3cccc(-c4nnc(-c5ccc(C(=O)O)cc5)o4)c3)o2)cc1. The molecule has 0 spiro atoms. The molecular formula is C25H17N3O5. The number of aromatic nitrogens is 3. The van der Waals surface area contributed by atoms with Gasteiger partial charge in [-0.25, -0.2) is 9.78 Å². The molecule has 0 fully saturated rings. The first-order valence-electron chi connectivity index (χ1n) is 9.99. The number of nitrogens with zero attached hydrogens (tertiary/aromatic N) is 3. The third-order valence-corrected chi connectivity index (χ3v) is 5.04. The van der Waals surface area contributed by atoms with Crippen LogP contribution in [-0.2, 0) is 0 Å². The van der Waals surface area contributed by atoms with Gasteiger partial charge in [-0.3, -0.25) is 0 Å². The van der Waals surface area contributed by atoms with Crippen LogP contribution < -0.4 is 4.74 Å². The highest BCUT2D eigenvalue weighted by molar-refractivity contribution is 5.88. The van der Waals surface area contributed by atoms with Crippen molar-refractivity contribution in [1.29, 1.82) is 0 Å². The first-order chi connectivity index (χ1) is 16.1. The number of benzene rings is 3. The monoisotopic (exact) mass is 439 g/mol. The van der Waals surface area contributed by atoms with Gasteiger partial charge in [-0.2, -0.15) is 0 Å². The quantitative estimate of drug-likeness (QED) is 0.373. The molecule has 2 aromatic heterocycles. The Balaban J connectivity index is 1.40. The van der Waals surface area contributed by atoms with Gasteiger partial charge in [-0.05, 0) is 66.7 Å². The predicted molar refractivity (Wildman–Crippen MR) is 120 cm³/mol. The third kappa shape index (κ3) is 4.09. The molecule has 0 unspecified atom stereocenters. The molecule has 0 radical (unpaired) electrons. The molecule has 33 heavy (non-hydrogen) atoms. The van der Waals surface area contributed by atoms with Crippen molar-refractivity contribution in [2.75, 3.05) is 7.11 Å². The Bertz CT molecular complexity index is 1420. The number of carboxylic acids is 1. The largest absolute Gasteiger partial charge is 0.497 e. The fourth-order valence-electron chi connectivity index (χ4n) is 3.29. The smallest absolute Gasteiger partial charge is 0.335 e. The molecule has 0 saturated carbocycles. The maximum atomic E-state index is 11.0. The van der Waals surface area contributed by atoms with E-state index >= 15 is 0 Å². The first kappa shape index (κ1) is 20.2. The average molecular weight is 439 g/mol. The van der Waals surface area contributed by atoms with Gasteiger partial charge in [-0.15, -0.1) is 10.2 Å².